The Morgan fingerprint density at radius 1 is 0.846 bits per heavy atom. The molecule has 0 aromatic heterocycles. The molecule has 0 aromatic carbocycles. The van der Waals surface area contributed by atoms with Crippen molar-refractivity contribution < 1.29 is 28.9 Å². The van der Waals surface area contributed by atoms with Crippen molar-refractivity contribution in [2.75, 3.05) is 7.11 Å². The van der Waals surface area contributed by atoms with E-state index >= 15 is 0 Å². The van der Waals surface area contributed by atoms with Crippen molar-refractivity contribution in [2.45, 2.75) is 109 Å². The minimum absolute atomic E-state index is 0.106. The number of carbonyl (C=O) groups excluding carboxylic acids is 1. The predicted molar refractivity (Wildman–Crippen MR) is 98.9 cm³/mol. The first kappa shape index (κ1) is 22.9. The van der Waals surface area contributed by atoms with Crippen molar-refractivity contribution in [3.63, 3.8) is 0 Å². The number of hydrogen-bond acceptors (Lipinski definition) is 5. The van der Waals surface area contributed by atoms with Gasteiger partial charge in [0.1, 0.15) is 0 Å². The summed E-state index contributed by atoms with van der Waals surface area (Å²) in [6, 6.07) is 0. The van der Waals surface area contributed by atoms with Crippen LogP contribution in [0.2, 0.25) is 0 Å². The zero-order chi connectivity index (χ0) is 19.4. The van der Waals surface area contributed by atoms with E-state index in [1.54, 1.807) is 0 Å². The van der Waals surface area contributed by atoms with Crippen molar-refractivity contribution >= 4 is 11.9 Å². The van der Waals surface area contributed by atoms with Crippen LogP contribution in [0.3, 0.4) is 0 Å². The van der Waals surface area contributed by atoms with Crippen LogP contribution in [0.15, 0.2) is 0 Å². The fraction of sp³-hybridized carbons (Fsp3) is 0.900. The van der Waals surface area contributed by atoms with Crippen LogP contribution in [-0.2, 0) is 23.8 Å². The Hall–Kier alpha value is -1.14. The van der Waals surface area contributed by atoms with Crippen molar-refractivity contribution in [2.24, 2.45) is 0 Å². The Morgan fingerprint density at radius 3 is 1.85 bits per heavy atom. The topological polar surface area (TPSA) is 82.1 Å². The number of unbranched alkanes of at least 4 members (excludes halogenated alkanes) is 6. The molecule has 26 heavy (non-hydrogen) atoms. The third-order valence-electron chi connectivity index (χ3n) is 4.76. The van der Waals surface area contributed by atoms with Gasteiger partial charge < -0.3 is 19.3 Å². The minimum Gasteiger partial charge on any atom is -0.481 e. The molecule has 6 heteroatoms. The number of methoxy groups -OCH3 is 1. The highest BCUT2D eigenvalue weighted by atomic mass is 16.7. The van der Waals surface area contributed by atoms with Gasteiger partial charge in [0.25, 0.3) is 0 Å². The van der Waals surface area contributed by atoms with Gasteiger partial charge in [-0.25, -0.2) is 0 Å². The molecular weight excluding hydrogens is 336 g/mol. The zero-order valence-electron chi connectivity index (χ0n) is 16.6. The molecule has 1 N–H and O–H groups in total. The van der Waals surface area contributed by atoms with Gasteiger partial charge in [-0.05, 0) is 39.5 Å². The number of rotatable bonds is 14. The van der Waals surface area contributed by atoms with Crippen LogP contribution >= 0.6 is 0 Å². The van der Waals surface area contributed by atoms with Crippen LogP contribution in [0.25, 0.3) is 0 Å². The second kappa shape index (κ2) is 12.3. The normalized spacial score (nSPS) is 21.7. The summed E-state index contributed by atoms with van der Waals surface area (Å²) in [7, 11) is 1.43. The van der Waals surface area contributed by atoms with Crippen LogP contribution in [-0.4, -0.2) is 42.1 Å². The maximum atomic E-state index is 11.1. The van der Waals surface area contributed by atoms with E-state index in [-0.39, 0.29) is 24.6 Å². The van der Waals surface area contributed by atoms with E-state index in [2.05, 4.69) is 4.74 Å². The molecule has 1 fully saturated rings. The SMILES string of the molecule is COC(=O)CCCCCCC[C@H]1OC(C)(C)O[C@H]1CCCCCC(=O)O. The lowest BCUT2D eigenvalue weighted by molar-refractivity contribution is -0.147. The molecule has 0 bridgehead atoms. The lowest BCUT2D eigenvalue weighted by atomic mass is 10.00. The summed E-state index contributed by atoms with van der Waals surface area (Å²) in [6.45, 7) is 3.91. The van der Waals surface area contributed by atoms with Gasteiger partial charge in [-0.3, -0.25) is 9.59 Å². The summed E-state index contributed by atoms with van der Waals surface area (Å²) < 4.78 is 16.7. The molecule has 1 saturated heterocycles. The Balaban J connectivity index is 2.17. The Kier molecular flexibility index (Phi) is 10.8. The fourth-order valence-corrected chi connectivity index (χ4v) is 3.44. The summed E-state index contributed by atoms with van der Waals surface area (Å²) in [5.74, 6) is -1.39. The molecule has 152 valence electrons. The van der Waals surface area contributed by atoms with E-state index in [1.807, 2.05) is 13.8 Å². The molecule has 0 aliphatic carbocycles. The lowest BCUT2D eigenvalue weighted by Crippen LogP contribution is -2.22. The molecule has 1 rings (SSSR count). The third-order valence-corrected chi connectivity index (χ3v) is 4.76. The second-order valence-corrected chi connectivity index (χ2v) is 7.59. The summed E-state index contributed by atoms with van der Waals surface area (Å²) in [5.41, 5.74) is 0. The van der Waals surface area contributed by atoms with E-state index in [0.717, 1.165) is 64.2 Å². The average Bonchev–Trinajstić information content (AvgIpc) is 2.87. The maximum absolute atomic E-state index is 11.1. The highest BCUT2D eigenvalue weighted by molar-refractivity contribution is 5.69. The Bertz CT molecular complexity index is 421. The molecular formula is C20H36O6. The lowest BCUT2D eigenvalue weighted by Gasteiger charge is -2.16. The van der Waals surface area contributed by atoms with E-state index < -0.39 is 11.8 Å². The number of hydrogen-bond donors (Lipinski definition) is 1. The molecule has 0 aromatic rings. The molecule has 0 unspecified atom stereocenters. The highest BCUT2D eigenvalue weighted by Crippen LogP contribution is 2.33. The van der Waals surface area contributed by atoms with Gasteiger partial charge in [0.15, 0.2) is 5.79 Å². The van der Waals surface area contributed by atoms with E-state index in [9.17, 15) is 9.59 Å². The number of carboxylic acid groups (broad SMARTS) is 1. The van der Waals surface area contributed by atoms with Crippen LogP contribution in [0.1, 0.15) is 90.9 Å². The van der Waals surface area contributed by atoms with Gasteiger partial charge in [0.05, 0.1) is 19.3 Å². The zero-order valence-corrected chi connectivity index (χ0v) is 16.6. The molecule has 1 aliphatic heterocycles. The summed E-state index contributed by atoms with van der Waals surface area (Å²) in [5, 5.41) is 8.68. The van der Waals surface area contributed by atoms with Crippen molar-refractivity contribution in [1.82, 2.24) is 0 Å². The van der Waals surface area contributed by atoms with E-state index in [1.165, 1.54) is 7.11 Å². The molecule has 0 amide bonds. The van der Waals surface area contributed by atoms with Gasteiger partial charge in [0, 0.05) is 12.8 Å². The van der Waals surface area contributed by atoms with Crippen LogP contribution in [0, 0.1) is 0 Å². The largest absolute Gasteiger partial charge is 0.481 e. The number of ether oxygens (including phenoxy) is 3. The first-order valence-electron chi connectivity index (χ1n) is 9.98. The van der Waals surface area contributed by atoms with Gasteiger partial charge in [0.2, 0.25) is 0 Å². The quantitative estimate of drug-likeness (QED) is 0.358. The second-order valence-electron chi connectivity index (χ2n) is 7.59. The molecule has 6 nitrogen and oxygen atoms in total. The Morgan fingerprint density at radius 2 is 1.31 bits per heavy atom. The molecule has 0 radical (unpaired) electrons. The van der Waals surface area contributed by atoms with Crippen LogP contribution in [0.5, 0.6) is 0 Å². The molecule has 0 saturated carbocycles. The number of esters is 1. The first-order chi connectivity index (χ1) is 12.3. The summed E-state index contributed by atoms with van der Waals surface area (Å²) in [6.07, 6.45) is 10.8. The Labute approximate surface area is 157 Å². The van der Waals surface area contributed by atoms with Gasteiger partial charge in [-0.1, -0.05) is 38.5 Å². The molecule has 1 aliphatic rings. The first-order valence-corrected chi connectivity index (χ1v) is 9.98. The smallest absolute Gasteiger partial charge is 0.305 e. The third kappa shape index (κ3) is 10.1. The summed E-state index contributed by atoms with van der Waals surface area (Å²) >= 11 is 0. The van der Waals surface area contributed by atoms with Crippen molar-refractivity contribution in [1.29, 1.82) is 0 Å². The number of aliphatic carboxylic acids is 1. The minimum atomic E-state index is -0.726. The van der Waals surface area contributed by atoms with Gasteiger partial charge in [-0.2, -0.15) is 0 Å². The number of carbonyl (C=O) groups is 2. The van der Waals surface area contributed by atoms with E-state index in [0.29, 0.717) is 6.42 Å². The van der Waals surface area contributed by atoms with Crippen molar-refractivity contribution in [3.05, 3.63) is 0 Å². The van der Waals surface area contributed by atoms with Gasteiger partial charge in [-0.15, -0.1) is 0 Å². The predicted octanol–water partition coefficient (Wildman–Crippen LogP) is 4.45. The fourth-order valence-electron chi connectivity index (χ4n) is 3.44. The summed E-state index contributed by atoms with van der Waals surface area (Å²) in [4.78, 5) is 21.6. The standard InChI is InChI=1S/C20H36O6/c1-20(2)25-16(12-8-5-4-6-11-15-19(23)24-3)17(26-20)13-9-7-10-14-18(21)22/h16-17H,4-15H2,1-3H3,(H,21,22)/t16-,17+/m1/s1. The average molecular weight is 373 g/mol. The van der Waals surface area contributed by atoms with Crippen LogP contribution in [0.4, 0.5) is 0 Å². The highest BCUT2D eigenvalue weighted by Gasteiger charge is 2.40. The van der Waals surface area contributed by atoms with Crippen molar-refractivity contribution in [3.8, 4) is 0 Å². The van der Waals surface area contributed by atoms with E-state index in [4.69, 9.17) is 14.6 Å². The van der Waals surface area contributed by atoms with Gasteiger partial charge >= 0.3 is 11.9 Å². The molecule has 1 heterocycles. The molecule has 2 atom stereocenters. The maximum Gasteiger partial charge on any atom is 0.305 e. The monoisotopic (exact) mass is 372 g/mol. The molecule has 0 spiro atoms. The van der Waals surface area contributed by atoms with Crippen LogP contribution < -0.4 is 0 Å². The number of carboxylic acids is 1.